The molecule has 0 atom stereocenters. The molecule has 15 heavy (non-hydrogen) atoms. The van der Waals surface area contributed by atoms with Gasteiger partial charge in [0.25, 0.3) is 0 Å². The van der Waals surface area contributed by atoms with E-state index in [0.717, 1.165) is 10.2 Å². The lowest BCUT2D eigenvalue weighted by Gasteiger charge is -2.08. The molecule has 1 rings (SSSR count). The van der Waals surface area contributed by atoms with Crippen LogP contribution in [-0.4, -0.2) is 15.0 Å². The predicted molar refractivity (Wildman–Crippen MR) is 71.0 cm³/mol. The average molecular weight is 321 g/mol. The Bertz CT molecular complexity index is 294. The van der Waals surface area contributed by atoms with Crippen molar-refractivity contribution in [3.8, 4) is 0 Å². The quantitative estimate of drug-likeness (QED) is 0.592. The lowest BCUT2D eigenvalue weighted by molar-refractivity contribution is 0.503. The molecule has 0 radical (unpaired) electrons. The maximum atomic E-state index is 4.19. The summed E-state index contributed by atoms with van der Waals surface area (Å²) in [6, 6.07) is 0. The van der Waals surface area contributed by atoms with Crippen LogP contribution >= 0.6 is 22.6 Å². The second-order valence-corrected chi connectivity index (χ2v) is 5.23. The van der Waals surface area contributed by atoms with Gasteiger partial charge >= 0.3 is 0 Å². The Morgan fingerprint density at radius 2 is 2.00 bits per heavy atom. The highest BCUT2D eigenvalue weighted by Gasteiger charge is 2.13. The molecule has 0 bridgehead atoms. The van der Waals surface area contributed by atoms with Gasteiger partial charge in [0, 0.05) is 6.54 Å². The summed E-state index contributed by atoms with van der Waals surface area (Å²) >= 11 is 2.27. The molecule has 0 saturated heterocycles. The average Bonchev–Trinajstić information content (AvgIpc) is 2.54. The van der Waals surface area contributed by atoms with Crippen molar-refractivity contribution in [3.05, 3.63) is 9.39 Å². The number of unbranched alkanes of at least 4 members (excludes halogenated alkanes) is 3. The molecule has 86 valence electrons. The Hall–Kier alpha value is -0.130. The van der Waals surface area contributed by atoms with Gasteiger partial charge in [0.2, 0.25) is 0 Å². The maximum Gasteiger partial charge on any atom is 0.146 e. The molecule has 0 aliphatic heterocycles. The number of halogens is 1. The molecule has 0 fully saturated rings. The van der Waals surface area contributed by atoms with Gasteiger partial charge in [-0.25, -0.2) is 4.68 Å². The SMILES string of the molecule is CCCCCCn1nnc(I)c1C(C)C. The molecule has 3 nitrogen and oxygen atoms in total. The van der Waals surface area contributed by atoms with E-state index in [9.17, 15) is 0 Å². The second-order valence-electron chi connectivity index (χ2n) is 4.20. The van der Waals surface area contributed by atoms with Gasteiger partial charge in [-0.05, 0) is 34.9 Å². The monoisotopic (exact) mass is 321 g/mol. The van der Waals surface area contributed by atoms with E-state index in [0.29, 0.717) is 5.92 Å². The number of hydrogen-bond donors (Lipinski definition) is 0. The van der Waals surface area contributed by atoms with Crippen LogP contribution in [0.25, 0.3) is 0 Å². The summed E-state index contributed by atoms with van der Waals surface area (Å²) < 4.78 is 3.13. The number of hydrogen-bond acceptors (Lipinski definition) is 2. The number of aryl methyl sites for hydroxylation is 1. The van der Waals surface area contributed by atoms with Gasteiger partial charge in [-0.1, -0.05) is 45.2 Å². The van der Waals surface area contributed by atoms with E-state index >= 15 is 0 Å². The van der Waals surface area contributed by atoms with Crippen LogP contribution < -0.4 is 0 Å². The predicted octanol–water partition coefficient (Wildman–Crippen LogP) is 3.59. The van der Waals surface area contributed by atoms with Crippen LogP contribution in [0.1, 0.15) is 58.1 Å². The molecule has 0 unspecified atom stereocenters. The zero-order valence-corrected chi connectivity index (χ0v) is 12.0. The fraction of sp³-hybridized carbons (Fsp3) is 0.818. The first-order valence-corrected chi connectivity index (χ1v) is 6.83. The van der Waals surface area contributed by atoms with Gasteiger partial charge in [-0.2, -0.15) is 0 Å². The molecule has 0 aliphatic rings. The van der Waals surface area contributed by atoms with Gasteiger partial charge in [-0.3, -0.25) is 0 Å². The summed E-state index contributed by atoms with van der Waals surface area (Å²) in [5.74, 6) is 0.512. The number of aromatic nitrogens is 3. The van der Waals surface area contributed by atoms with Crippen molar-refractivity contribution in [3.63, 3.8) is 0 Å². The molecular weight excluding hydrogens is 301 g/mol. The summed E-state index contributed by atoms with van der Waals surface area (Å²) in [5, 5.41) is 8.33. The summed E-state index contributed by atoms with van der Waals surface area (Å²) in [4.78, 5) is 0. The van der Waals surface area contributed by atoms with Crippen molar-refractivity contribution in [2.45, 2.75) is 58.9 Å². The standard InChI is InChI=1S/C11H20IN3/c1-4-5-6-7-8-15-10(9(2)3)11(12)13-14-15/h9H,4-8H2,1-3H3. The largest absolute Gasteiger partial charge is 0.248 e. The minimum atomic E-state index is 0.512. The molecule has 0 saturated carbocycles. The van der Waals surface area contributed by atoms with Crippen LogP contribution in [0.5, 0.6) is 0 Å². The Balaban J connectivity index is 2.53. The van der Waals surface area contributed by atoms with Gasteiger partial charge < -0.3 is 0 Å². The van der Waals surface area contributed by atoms with E-state index in [2.05, 4.69) is 58.4 Å². The molecule has 0 aromatic carbocycles. The molecule has 0 N–H and O–H groups in total. The molecule has 1 aromatic heterocycles. The zero-order chi connectivity index (χ0) is 11.3. The lowest BCUT2D eigenvalue weighted by atomic mass is 10.1. The minimum absolute atomic E-state index is 0.512. The highest BCUT2D eigenvalue weighted by atomic mass is 127. The van der Waals surface area contributed by atoms with E-state index in [1.807, 2.05) is 0 Å². The van der Waals surface area contributed by atoms with Crippen molar-refractivity contribution in [2.75, 3.05) is 0 Å². The Kier molecular flexibility index (Phi) is 5.56. The maximum absolute atomic E-state index is 4.19. The Labute approximate surface area is 106 Å². The Morgan fingerprint density at radius 1 is 1.27 bits per heavy atom. The summed E-state index contributed by atoms with van der Waals surface area (Å²) in [5.41, 5.74) is 1.28. The molecule has 4 heteroatoms. The van der Waals surface area contributed by atoms with Gasteiger partial charge in [-0.15, -0.1) is 5.10 Å². The first-order valence-electron chi connectivity index (χ1n) is 5.75. The third-order valence-corrected chi connectivity index (χ3v) is 3.27. The molecule has 0 amide bonds. The van der Waals surface area contributed by atoms with Gasteiger partial charge in [0.1, 0.15) is 3.70 Å². The third-order valence-electron chi connectivity index (χ3n) is 2.50. The molecule has 1 heterocycles. The minimum Gasteiger partial charge on any atom is -0.248 e. The molecule has 0 aliphatic carbocycles. The van der Waals surface area contributed by atoms with Crippen LogP contribution in [-0.2, 0) is 6.54 Å². The summed E-state index contributed by atoms with van der Waals surface area (Å²) in [7, 11) is 0. The van der Waals surface area contributed by atoms with E-state index in [4.69, 9.17) is 0 Å². The lowest BCUT2D eigenvalue weighted by Crippen LogP contribution is -2.07. The fourth-order valence-electron chi connectivity index (χ4n) is 1.69. The van der Waals surface area contributed by atoms with Crippen LogP contribution in [0.3, 0.4) is 0 Å². The van der Waals surface area contributed by atoms with Crippen LogP contribution in [0.4, 0.5) is 0 Å². The van der Waals surface area contributed by atoms with Crippen LogP contribution in [0, 0.1) is 3.70 Å². The van der Waals surface area contributed by atoms with Crippen molar-refractivity contribution in [2.24, 2.45) is 0 Å². The van der Waals surface area contributed by atoms with Gasteiger partial charge in [0.15, 0.2) is 0 Å². The third kappa shape index (κ3) is 3.74. The van der Waals surface area contributed by atoms with Crippen molar-refractivity contribution < 1.29 is 0 Å². The van der Waals surface area contributed by atoms with Crippen LogP contribution in [0.15, 0.2) is 0 Å². The summed E-state index contributed by atoms with van der Waals surface area (Å²) in [6.45, 7) is 7.65. The highest BCUT2D eigenvalue weighted by Crippen LogP contribution is 2.19. The van der Waals surface area contributed by atoms with Gasteiger partial charge in [0.05, 0.1) is 5.69 Å². The first kappa shape index (κ1) is 12.9. The van der Waals surface area contributed by atoms with E-state index in [1.165, 1.54) is 31.4 Å². The normalized spacial score (nSPS) is 11.3. The smallest absolute Gasteiger partial charge is 0.146 e. The van der Waals surface area contributed by atoms with Crippen molar-refractivity contribution >= 4 is 22.6 Å². The van der Waals surface area contributed by atoms with Crippen molar-refractivity contribution in [1.82, 2.24) is 15.0 Å². The van der Waals surface area contributed by atoms with E-state index < -0.39 is 0 Å². The van der Waals surface area contributed by atoms with Crippen molar-refractivity contribution in [1.29, 1.82) is 0 Å². The zero-order valence-electron chi connectivity index (χ0n) is 9.83. The fourth-order valence-corrected chi connectivity index (χ4v) is 2.69. The first-order chi connectivity index (χ1) is 7.16. The van der Waals surface area contributed by atoms with E-state index in [-0.39, 0.29) is 0 Å². The second kappa shape index (κ2) is 6.45. The van der Waals surface area contributed by atoms with E-state index in [1.54, 1.807) is 0 Å². The number of nitrogens with zero attached hydrogens (tertiary/aromatic N) is 3. The van der Waals surface area contributed by atoms with Crippen LogP contribution in [0.2, 0.25) is 0 Å². The highest BCUT2D eigenvalue weighted by molar-refractivity contribution is 14.1. The topological polar surface area (TPSA) is 30.7 Å². The molecule has 0 spiro atoms. The number of rotatable bonds is 6. The summed E-state index contributed by atoms with van der Waals surface area (Å²) in [6.07, 6.45) is 5.12. The Morgan fingerprint density at radius 3 is 2.60 bits per heavy atom. The molecule has 1 aromatic rings. The molecular formula is C11H20IN3.